The number of rotatable bonds is 6. The SMILES string of the molecule is Cc1ccc(NC(=O)/C=C/c2cnn(C)c2)cc1S(=O)(=O)Nc1ccc(Br)cc1. The van der Waals surface area contributed by atoms with E-state index in [0.717, 1.165) is 10.0 Å². The lowest BCUT2D eigenvalue weighted by Crippen LogP contribution is -2.15. The molecule has 2 aromatic carbocycles. The van der Waals surface area contributed by atoms with Gasteiger partial charge >= 0.3 is 0 Å². The Labute approximate surface area is 177 Å². The molecule has 7 nitrogen and oxygen atoms in total. The highest BCUT2D eigenvalue weighted by Crippen LogP contribution is 2.24. The van der Waals surface area contributed by atoms with Gasteiger partial charge in [-0.3, -0.25) is 14.2 Å². The summed E-state index contributed by atoms with van der Waals surface area (Å²) in [5, 5.41) is 6.70. The average Bonchev–Trinajstić information content (AvgIpc) is 3.08. The minimum Gasteiger partial charge on any atom is -0.322 e. The first kappa shape index (κ1) is 20.8. The predicted octanol–water partition coefficient (Wildman–Crippen LogP) is 3.94. The molecule has 0 aliphatic rings. The second-order valence-electron chi connectivity index (χ2n) is 6.36. The second-order valence-corrected chi connectivity index (χ2v) is 8.93. The molecule has 0 unspecified atom stereocenters. The molecule has 0 radical (unpaired) electrons. The summed E-state index contributed by atoms with van der Waals surface area (Å²) in [6.45, 7) is 1.70. The van der Waals surface area contributed by atoms with Crippen molar-refractivity contribution < 1.29 is 13.2 Å². The van der Waals surface area contributed by atoms with Crippen LogP contribution in [0.2, 0.25) is 0 Å². The van der Waals surface area contributed by atoms with E-state index in [-0.39, 0.29) is 10.8 Å². The molecule has 0 fully saturated rings. The molecule has 3 aromatic rings. The molecule has 0 aliphatic heterocycles. The van der Waals surface area contributed by atoms with Crippen LogP contribution in [-0.4, -0.2) is 24.1 Å². The number of nitrogens with one attached hydrogen (secondary N) is 2. The van der Waals surface area contributed by atoms with Crippen LogP contribution in [0.25, 0.3) is 6.08 Å². The highest BCUT2D eigenvalue weighted by Gasteiger charge is 2.18. The standard InChI is InChI=1S/C20H19BrN4O3S/c1-14-3-7-18(23-20(26)10-4-15-12-22-25(2)13-15)11-19(14)29(27,28)24-17-8-5-16(21)6-9-17/h3-13,24H,1-2H3,(H,23,26)/b10-4+. The zero-order chi connectivity index (χ0) is 21.0. The molecule has 0 saturated carbocycles. The van der Waals surface area contributed by atoms with Gasteiger partial charge in [0.2, 0.25) is 5.91 Å². The molecule has 2 N–H and O–H groups in total. The molecule has 0 atom stereocenters. The fraction of sp³-hybridized carbons (Fsp3) is 0.100. The number of hydrogen-bond donors (Lipinski definition) is 2. The molecule has 9 heteroatoms. The lowest BCUT2D eigenvalue weighted by Gasteiger charge is -2.12. The first-order valence-electron chi connectivity index (χ1n) is 8.60. The lowest BCUT2D eigenvalue weighted by atomic mass is 10.2. The monoisotopic (exact) mass is 474 g/mol. The molecule has 3 rings (SSSR count). The van der Waals surface area contributed by atoms with Crippen molar-refractivity contribution in [3.8, 4) is 0 Å². The number of anilines is 2. The highest BCUT2D eigenvalue weighted by atomic mass is 79.9. The van der Waals surface area contributed by atoms with Crippen LogP contribution in [0, 0.1) is 6.92 Å². The molecule has 1 heterocycles. The van der Waals surface area contributed by atoms with Gasteiger partial charge in [0.15, 0.2) is 0 Å². The number of aryl methyl sites for hydroxylation is 2. The van der Waals surface area contributed by atoms with E-state index in [9.17, 15) is 13.2 Å². The summed E-state index contributed by atoms with van der Waals surface area (Å²) in [5.74, 6) is -0.373. The van der Waals surface area contributed by atoms with Crippen LogP contribution < -0.4 is 10.0 Å². The van der Waals surface area contributed by atoms with Gasteiger partial charge < -0.3 is 5.32 Å². The summed E-state index contributed by atoms with van der Waals surface area (Å²) in [4.78, 5) is 12.3. The number of nitrogens with zero attached hydrogens (tertiary/aromatic N) is 2. The van der Waals surface area contributed by atoms with Gasteiger partial charge in [-0.15, -0.1) is 0 Å². The Hall–Kier alpha value is -2.91. The van der Waals surface area contributed by atoms with E-state index < -0.39 is 10.0 Å². The summed E-state index contributed by atoms with van der Waals surface area (Å²) in [6, 6.07) is 11.6. The van der Waals surface area contributed by atoms with E-state index in [1.165, 1.54) is 12.1 Å². The fourth-order valence-corrected chi connectivity index (χ4v) is 4.17. The Morgan fingerprint density at radius 3 is 2.48 bits per heavy atom. The third-order valence-corrected chi connectivity index (χ3v) is 6.05. The minimum absolute atomic E-state index is 0.0921. The normalized spacial score (nSPS) is 11.6. The van der Waals surface area contributed by atoms with Crippen molar-refractivity contribution in [3.05, 3.63) is 76.5 Å². The Kier molecular flexibility index (Phi) is 6.19. The third-order valence-electron chi connectivity index (χ3n) is 3.99. The van der Waals surface area contributed by atoms with Crippen LogP contribution in [0.15, 0.2) is 70.3 Å². The van der Waals surface area contributed by atoms with Crippen LogP contribution in [0.1, 0.15) is 11.1 Å². The number of carbonyl (C=O) groups is 1. The Balaban J connectivity index is 1.77. The maximum Gasteiger partial charge on any atom is 0.262 e. The molecule has 1 aromatic heterocycles. The van der Waals surface area contributed by atoms with Crippen LogP contribution >= 0.6 is 15.9 Å². The van der Waals surface area contributed by atoms with Gasteiger partial charge in [0.05, 0.1) is 11.1 Å². The van der Waals surface area contributed by atoms with E-state index >= 15 is 0 Å². The summed E-state index contributed by atoms with van der Waals surface area (Å²) in [5.41, 5.74) is 2.18. The molecule has 0 aliphatic carbocycles. The van der Waals surface area contributed by atoms with Gasteiger partial charge in [-0.05, 0) is 55.0 Å². The van der Waals surface area contributed by atoms with Crippen LogP contribution in [0.4, 0.5) is 11.4 Å². The summed E-state index contributed by atoms with van der Waals surface area (Å²) >= 11 is 3.32. The smallest absolute Gasteiger partial charge is 0.262 e. The molecule has 1 amide bonds. The zero-order valence-corrected chi connectivity index (χ0v) is 18.2. The van der Waals surface area contributed by atoms with Crippen molar-refractivity contribution in [3.63, 3.8) is 0 Å². The Morgan fingerprint density at radius 1 is 1.14 bits per heavy atom. The van der Waals surface area contributed by atoms with Crippen molar-refractivity contribution in [1.82, 2.24) is 9.78 Å². The molecular formula is C20H19BrN4O3S. The van der Waals surface area contributed by atoms with E-state index in [1.54, 1.807) is 73.5 Å². The molecule has 29 heavy (non-hydrogen) atoms. The van der Waals surface area contributed by atoms with Crippen molar-refractivity contribution >= 4 is 49.3 Å². The quantitative estimate of drug-likeness (QED) is 0.529. The van der Waals surface area contributed by atoms with Gasteiger partial charge in [-0.25, -0.2) is 8.42 Å². The zero-order valence-electron chi connectivity index (χ0n) is 15.8. The molecule has 0 spiro atoms. The van der Waals surface area contributed by atoms with Crippen molar-refractivity contribution in [2.45, 2.75) is 11.8 Å². The van der Waals surface area contributed by atoms with E-state index in [4.69, 9.17) is 0 Å². The first-order chi connectivity index (χ1) is 13.7. The number of amides is 1. The molecular weight excluding hydrogens is 456 g/mol. The van der Waals surface area contributed by atoms with Gasteiger partial charge in [-0.1, -0.05) is 22.0 Å². The summed E-state index contributed by atoms with van der Waals surface area (Å²) in [6.07, 6.45) is 6.40. The van der Waals surface area contributed by atoms with Crippen molar-refractivity contribution in [2.75, 3.05) is 10.0 Å². The lowest BCUT2D eigenvalue weighted by molar-refractivity contribution is -0.111. The number of hydrogen-bond acceptors (Lipinski definition) is 4. The minimum atomic E-state index is -3.81. The maximum absolute atomic E-state index is 12.8. The van der Waals surface area contributed by atoms with Gasteiger partial charge in [0.25, 0.3) is 10.0 Å². The van der Waals surface area contributed by atoms with Crippen LogP contribution in [0.3, 0.4) is 0 Å². The average molecular weight is 475 g/mol. The van der Waals surface area contributed by atoms with E-state index in [1.807, 2.05) is 0 Å². The van der Waals surface area contributed by atoms with Crippen LogP contribution in [-0.2, 0) is 21.9 Å². The van der Waals surface area contributed by atoms with Gasteiger partial charge in [-0.2, -0.15) is 5.10 Å². The Morgan fingerprint density at radius 2 is 1.83 bits per heavy atom. The van der Waals surface area contributed by atoms with Crippen molar-refractivity contribution in [2.24, 2.45) is 7.05 Å². The van der Waals surface area contributed by atoms with Crippen LogP contribution in [0.5, 0.6) is 0 Å². The number of benzene rings is 2. The maximum atomic E-state index is 12.8. The van der Waals surface area contributed by atoms with Gasteiger partial charge in [0.1, 0.15) is 0 Å². The molecule has 0 bridgehead atoms. The van der Waals surface area contributed by atoms with Crippen molar-refractivity contribution in [1.29, 1.82) is 0 Å². The number of aromatic nitrogens is 2. The van der Waals surface area contributed by atoms with Gasteiger partial charge in [0, 0.05) is 40.7 Å². The number of carbonyl (C=O) groups excluding carboxylic acids is 1. The Bertz CT molecular complexity index is 1170. The first-order valence-corrected chi connectivity index (χ1v) is 10.9. The van der Waals surface area contributed by atoms with E-state index in [0.29, 0.717) is 16.9 Å². The highest BCUT2D eigenvalue weighted by molar-refractivity contribution is 9.10. The molecule has 150 valence electrons. The molecule has 0 saturated heterocycles. The van der Waals surface area contributed by atoms with E-state index in [2.05, 4.69) is 31.1 Å². The second kappa shape index (κ2) is 8.62. The summed E-state index contributed by atoms with van der Waals surface area (Å²) < 4.78 is 30.6. The predicted molar refractivity (Wildman–Crippen MR) is 117 cm³/mol. The fourth-order valence-electron chi connectivity index (χ4n) is 2.58. The summed E-state index contributed by atoms with van der Waals surface area (Å²) in [7, 11) is -2.03. The number of sulfonamides is 1. The number of halogens is 1. The largest absolute Gasteiger partial charge is 0.322 e. The topological polar surface area (TPSA) is 93.1 Å². The third kappa shape index (κ3) is 5.55.